The summed E-state index contributed by atoms with van der Waals surface area (Å²) in [6, 6.07) is 0.702. The van der Waals surface area contributed by atoms with E-state index in [4.69, 9.17) is 0 Å². The largest absolute Gasteiger partial charge is 0.394 e. The first kappa shape index (κ1) is 14.8. The van der Waals surface area contributed by atoms with E-state index in [0.29, 0.717) is 24.0 Å². The van der Waals surface area contributed by atoms with E-state index in [1.165, 1.54) is 64.6 Å². The average Bonchev–Trinajstić information content (AvgIpc) is 3.01. The molecule has 1 saturated heterocycles. The maximum absolute atomic E-state index is 9.96. The molecule has 2 atom stereocenters. The molecule has 0 radical (unpaired) electrons. The second-order valence-electron chi connectivity index (χ2n) is 8.30. The van der Waals surface area contributed by atoms with E-state index in [2.05, 4.69) is 24.1 Å². The number of aliphatic hydroxyl groups excluding tert-OH is 1. The maximum Gasteiger partial charge on any atom is 0.0616 e. The van der Waals surface area contributed by atoms with Crippen LogP contribution >= 0.6 is 0 Å². The number of likely N-dealkylation sites (tertiary alicyclic amines) is 1. The zero-order chi connectivity index (χ0) is 14.2. The van der Waals surface area contributed by atoms with Gasteiger partial charge >= 0.3 is 0 Å². The fraction of sp³-hybridized carbons (Fsp3) is 1.00. The van der Waals surface area contributed by atoms with Gasteiger partial charge in [-0.25, -0.2) is 0 Å². The lowest BCUT2D eigenvalue weighted by Gasteiger charge is -2.36. The Morgan fingerprint density at radius 2 is 2.00 bits per heavy atom. The Kier molecular flexibility index (Phi) is 4.13. The summed E-state index contributed by atoms with van der Waals surface area (Å²) >= 11 is 0. The zero-order valence-corrected chi connectivity index (χ0v) is 13.3. The highest BCUT2D eigenvalue weighted by molar-refractivity contribution is 5.03. The standard InChI is InChI=1S/C17H32N2O/c1-16(2)9-11-19(12-16)10-7-14-4-3-8-17(14,13-20)18-15-5-6-15/h14-15,18,20H,3-13H2,1-2H3. The van der Waals surface area contributed by atoms with Gasteiger partial charge in [-0.1, -0.05) is 20.3 Å². The summed E-state index contributed by atoms with van der Waals surface area (Å²) in [5.74, 6) is 0.678. The van der Waals surface area contributed by atoms with Crippen LogP contribution in [0.25, 0.3) is 0 Å². The lowest BCUT2D eigenvalue weighted by molar-refractivity contribution is 0.110. The third-order valence-corrected chi connectivity index (χ3v) is 5.86. The van der Waals surface area contributed by atoms with E-state index in [9.17, 15) is 5.11 Å². The Bertz CT molecular complexity index is 340. The van der Waals surface area contributed by atoms with Crippen molar-refractivity contribution in [3.8, 4) is 0 Å². The van der Waals surface area contributed by atoms with Crippen LogP contribution in [0.5, 0.6) is 0 Å². The van der Waals surface area contributed by atoms with Crippen molar-refractivity contribution in [2.24, 2.45) is 11.3 Å². The van der Waals surface area contributed by atoms with Gasteiger partial charge in [0, 0.05) is 18.1 Å². The molecule has 0 amide bonds. The number of hydrogen-bond donors (Lipinski definition) is 2. The summed E-state index contributed by atoms with van der Waals surface area (Å²) in [5.41, 5.74) is 0.562. The molecule has 3 fully saturated rings. The zero-order valence-electron chi connectivity index (χ0n) is 13.3. The van der Waals surface area contributed by atoms with Crippen LogP contribution in [-0.2, 0) is 0 Å². The fourth-order valence-electron chi connectivity index (χ4n) is 4.40. The van der Waals surface area contributed by atoms with Crippen LogP contribution in [0.3, 0.4) is 0 Å². The summed E-state index contributed by atoms with van der Waals surface area (Å²) in [5, 5.41) is 13.8. The molecule has 0 aromatic rings. The number of nitrogens with one attached hydrogen (secondary N) is 1. The highest BCUT2D eigenvalue weighted by atomic mass is 16.3. The average molecular weight is 280 g/mol. The molecule has 2 saturated carbocycles. The summed E-state index contributed by atoms with van der Waals surface area (Å²) in [7, 11) is 0. The molecule has 1 aliphatic heterocycles. The second-order valence-corrected chi connectivity index (χ2v) is 8.30. The Labute approximate surface area is 124 Å². The van der Waals surface area contributed by atoms with Crippen LogP contribution in [0.4, 0.5) is 0 Å². The predicted octanol–water partition coefficient (Wildman–Crippen LogP) is 2.39. The molecule has 0 aromatic heterocycles. The first-order valence-electron chi connectivity index (χ1n) is 8.64. The van der Waals surface area contributed by atoms with Gasteiger partial charge in [-0.05, 0) is 62.9 Å². The van der Waals surface area contributed by atoms with Crippen molar-refractivity contribution in [3.05, 3.63) is 0 Å². The van der Waals surface area contributed by atoms with E-state index in [0.717, 1.165) is 0 Å². The van der Waals surface area contributed by atoms with Crippen LogP contribution in [0, 0.1) is 11.3 Å². The molecule has 2 aliphatic carbocycles. The van der Waals surface area contributed by atoms with Gasteiger partial charge < -0.3 is 15.3 Å². The molecule has 116 valence electrons. The highest BCUT2D eigenvalue weighted by Gasteiger charge is 2.45. The van der Waals surface area contributed by atoms with E-state index < -0.39 is 0 Å². The van der Waals surface area contributed by atoms with Crippen molar-refractivity contribution in [3.63, 3.8) is 0 Å². The predicted molar refractivity (Wildman–Crippen MR) is 82.8 cm³/mol. The van der Waals surface area contributed by atoms with Crippen LogP contribution in [0.1, 0.15) is 58.8 Å². The molecule has 3 aliphatic rings. The molecule has 3 nitrogen and oxygen atoms in total. The lowest BCUT2D eigenvalue weighted by atomic mass is 9.85. The summed E-state index contributed by atoms with van der Waals surface area (Å²) in [4.78, 5) is 2.64. The molecular formula is C17H32N2O. The summed E-state index contributed by atoms with van der Waals surface area (Å²) < 4.78 is 0. The van der Waals surface area contributed by atoms with E-state index in [-0.39, 0.29) is 5.54 Å². The van der Waals surface area contributed by atoms with Crippen molar-refractivity contribution in [1.29, 1.82) is 0 Å². The van der Waals surface area contributed by atoms with E-state index in [1.54, 1.807) is 0 Å². The molecule has 3 heteroatoms. The second kappa shape index (κ2) is 5.58. The molecule has 0 aromatic carbocycles. The topological polar surface area (TPSA) is 35.5 Å². The maximum atomic E-state index is 9.96. The van der Waals surface area contributed by atoms with Crippen molar-refractivity contribution < 1.29 is 5.11 Å². The highest BCUT2D eigenvalue weighted by Crippen LogP contribution is 2.40. The van der Waals surface area contributed by atoms with Gasteiger partial charge in [0.2, 0.25) is 0 Å². The molecular weight excluding hydrogens is 248 g/mol. The number of nitrogens with zero attached hydrogens (tertiary/aromatic N) is 1. The van der Waals surface area contributed by atoms with Crippen molar-refractivity contribution in [2.45, 2.75) is 70.4 Å². The molecule has 0 spiro atoms. The van der Waals surface area contributed by atoms with Gasteiger partial charge in [-0.3, -0.25) is 0 Å². The van der Waals surface area contributed by atoms with Gasteiger partial charge in [0.25, 0.3) is 0 Å². The van der Waals surface area contributed by atoms with Crippen LogP contribution < -0.4 is 5.32 Å². The van der Waals surface area contributed by atoms with Crippen molar-refractivity contribution in [2.75, 3.05) is 26.2 Å². The fourth-order valence-corrected chi connectivity index (χ4v) is 4.40. The Morgan fingerprint density at radius 3 is 2.60 bits per heavy atom. The first-order valence-corrected chi connectivity index (χ1v) is 8.64. The van der Waals surface area contributed by atoms with Gasteiger partial charge in [-0.2, -0.15) is 0 Å². The molecule has 2 unspecified atom stereocenters. The number of hydrogen-bond acceptors (Lipinski definition) is 3. The third-order valence-electron chi connectivity index (χ3n) is 5.86. The minimum Gasteiger partial charge on any atom is -0.394 e. The van der Waals surface area contributed by atoms with Crippen molar-refractivity contribution >= 4 is 0 Å². The van der Waals surface area contributed by atoms with Crippen molar-refractivity contribution in [1.82, 2.24) is 10.2 Å². The molecule has 3 rings (SSSR count). The number of rotatable bonds is 6. The van der Waals surface area contributed by atoms with Gasteiger partial charge in [0.1, 0.15) is 0 Å². The summed E-state index contributed by atoms with van der Waals surface area (Å²) in [6.45, 7) is 8.84. The van der Waals surface area contributed by atoms with Crippen LogP contribution in [0.2, 0.25) is 0 Å². The minimum absolute atomic E-state index is 0.0520. The normalized spacial score (nSPS) is 37.6. The first-order chi connectivity index (χ1) is 9.53. The number of aliphatic hydroxyl groups is 1. The molecule has 1 heterocycles. The van der Waals surface area contributed by atoms with Crippen LogP contribution in [-0.4, -0.2) is 47.8 Å². The Balaban J connectivity index is 1.53. The minimum atomic E-state index is 0.0520. The Hall–Kier alpha value is -0.120. The summed E-state index contributed by atoms with van der Waals surface area (Å²) in [6.07, 6.45) is 8.99. The van der Waals surface area contributed by atoms with Gasteiger partial charge in [-0.15, -0.1) is 0 Å². The smallest absolute Gasteiger partial charge is 0.0616 e. The molecule has 20 heavy (non-hydrogen) atoms. The van der Waals surface area contributed by atoms with E-state index in [1.807, 2.05) is 0 Å². The third kappa shape index (κ3) is 3.20. The van der Waals surface area contributed by atoms with Gasteiger partial charge in [0.15, 0.2) is 0 Å². The van der Waals surface area contributed by atoms with Gasteiger partial charge in [0.05, 0.1) is 6.61 Å². The van der Waals surface area contributed by atoms with E-state index >= 15 is 0 Å². The SMILES string of the molecule is CC1(C)CCN(CCC2CCCC2(CO)NC2CC2)C1. The molecule has 0 bridgehead atoms. The van der Waals surface area contributed by atoms with Crippen LogP contribution in [0.15, 0.2) is 0 Å². The monoisotopic (exact) mass is 280 g/mol. The molecule has 2 N–H and O–H groups in total. The lowest BCUT2D eigenvalue weighted by Crippen LogP contribution is -2.53. The Morgan fingerprint density at radius 1 is 1.20 bits per heavy atom. The quantitative estimate of drug-likeness (QED) is 0.784.